The van der Waals surface area contributed by atoms with E-state index in [-0.39, 0.29) is 5.91 Å². The molecular formula is C12H19N3O. The SMILES string of the molecule is Cc1ccn(CCC(=O)NC2CCCC2)n1. The number of amides is 1. The van der Waals surface area contributed by atoms with Crippen LogP contribution < -0.4 is 5.32 Å². The lowest BCUT2D eigenvalue weighted by Gasteiger charge is -2.11. The molecule has 4 heteroatoms. The molecule has 2 rings (SSSR count). The fourth-order valence-electron chi connectivity index (χ4n) is 2.17. The molecule has 1 aromatic rings. The zero-order valence-corrected chi connectivity index (χ0v) is 9.78. The van der Waals surface area contributed by atoms with Crippen LogP contribution >= 0.6 is 0 Å². The molecule has 0 bridgehead atoms. The molecule has 1 aliphatic carbocycles. The predicted octanol–water partition coefficient (Wildman–Crippen LogP) is 1.64. The highest BCUT2D eigenvalue weighted by molar-refractivity contribution is 5.76. The molecule has 0 atom stereocenters. The first kappa shape index (κ1) is 11.2. The summed E-state index contributed by atoms with van der Waals surface area (Å²) in [6.45, 7) is 2.63. The molecule has 1 aromatic heterocycles. The summed E-state index contributed by atoms with van der Waals surface area (Å²) in [5.41, 5.74) is 0.996. The molecule has 0 radical (unpaired) electrons. The number of carbonyl (C=O) groups is 1. The van der Waals surface area contributed by atoms with E-state index in [2.05, 4.69) is 10.4 Å². The van der Waals surface area contributed by atoms with Gasteiger partial charge in [0, 0.05) is 25.2 Å². The van der Waals surface area contributed by atoms with E-state index >= 15 is 0 Å². The van der Waals surface area contributed by atoms with Crippen LogP contribution in [0.25, 0.3) is 0 Å². The topological polar surface area (TPSA) is 46.9 Å². The van der Waals surface area contributed by atoms with Gasteiger partial charge >= 0.3 is 0 Å². The molecule has 1 amide bonds. The quantitative estimate of drug-likeness (QED) is 0.840. The molecule has 16 heavy (non-hydrogen) atoms. The highest BCUT2D eigenvalue weighted by Gasteiger charge is 2.16. The highest BCUT2D eigenvalue weighted by Crippen LogP contribution is 2.17. The second kappa shape index (κ2) is 5.14. The smallest absolute Gasteiger partial charge is 0.222 e. The summed E-state index contributed by atoms with van der Waals surface area (Å²) < 4.78 is 1.82. The van der Waals surface area contributed by atoms with Gasteiger partial charge in [-0.15, -0.1) is 0 Å². The first-order valence-electron chi connectivity index (χ1n) is 6.03. The molecule has 0 aliphatic heterocycles. The minimum atomic E-state index is 0.153. The largest absolute Gasteiger partial charge is 0.353 e. The van der Waals surface area contributed by atoms with Crippen LogP contribution in [0.15, 0.2) is 12.3 Å². The Morgan fingerprint density at radius 1 is 1.56 bits per heavy atom. The van der Waals surface area contributed by atoms with Crippen molar-refractivity contribution < 1.29 is 4.79 Å². The van der Waals surface area contributed by atoms with Crippen molar-refractivity contribution in [1.29, 1.82) is 0 Å². The molecule has 0 saturated heterocycles. The number of rotatable bonds is 4. The molecule has 0 aromatic carbocycles. The van der Waals surface area contributed by atoms with Crippen molar-refractivity contribution in [3.63, 3.8) is 0 Å². The average molecular weight is 221 g/mol. The maximum atomic E-state index is 11.6. The van der Waals surface area contributed by atoms with Crippen molar-refractivity contribution >= 4 is 5.91 Å². The highest BCUT2D eigenvalue weighted by atomic mass is 16.1. The van der Waals surface area contributed by atoms with Gasteiger partial charge in [-0.25, -0.2) is 0 Å². The lowest BCUT2D eigenvalue weighted by Crippen LogP contribution is -2.33. The lowest BCUT2D eigenvalue weighted by atomic mass is 10.2. The number of hydrogen-bond acceptors (Lipinski definition) is 2. The maximum absolute atomic E-state index is 11.6. The lowest BCUT2D eigenvalue weighted by molar-refractivity contribution is -0.122. The monoisotopic (exact) mass is 221 g/mol. The van der Waals surface area contributed by atoms with Crippen molar-refractivity contribution in [2.24, 2.45) is 0 Å². The van der Waals surface area contributed by atoms with Gasteiger partial charge in [0.1, 0.15) is 0 Å². The summed E-state index contributed by atoms with van der Waals surface area (Å²) in [7, 11) is 0. The zero-order chi connectivity index (χ0) is 11.4. The van der Waals surface area contributed by atoms with E-state index < -0.39 is 0 Å². The van der Waals surface area contributed by atoms with Crippen LogP contribution in [0, 0.1) is 6.92 Å². The number of aromatic nitrogens is 2. The first-order chi connectivity index (χ1) is 7.74. The van der Waals surface area contributed by atoms with Crippen LogP contribution in [0.1, 0.15) is 37.8 Å². The molecule has 1 saturated carbocycles. The summed E-state index contributed by atoms with van der Waals surface area (Å²) >= 11 is 0. The van der Waals surface area contributed by atoms with Crippen LogP contribution in [-0.2, 0) is 11.3 Å². The van der Waals surface area contributed by atoms with Gasteiger partial charge < -0.3 is 5.32 Å². The van der Waals surface area contributed by atoms with Gasteiger partial charge in [-0.1, -0.05) is 12.8 Å². The standard InChI is InChI=1S/C12H19N3O/c1-10-6-8-15(14-10)9-7-12(16)13-11-4-2-3-5-11/h6,8,11H,2-5,7,9H2,1H3,(H,13,16). The minimum absolute atomic E-state index is 0.153. The van der Waals surface area contributed by atoms with Crippen molar-refractivity contribution in [2.75, 3.05) is 0 Å². The predicted molar refractivity (Wildman–Crippen MR) is 62.0 cm³/mol. The Morgan fingerprint density at radius 3 is 2.94 bits per heavy atom. The number of nitrogens with one attached hydrogen (secondary N) is 1. The Hall–Kier alpha value is -1.32. The van der Waals surface area contributed by atoms with Crippen molar-refractivity contribution in [3.05, 3.63) is 18.0 Å². The number of nitrogens with zero attached hydrogens (tertiary/aromatic N) is 2. The van der Waals surface area contributed by atoms with E-state index in [1.807, 2.05) is 23.9 Å². The van der Waals surface area contributed by atoms with Gasteiger partial charge in [0.05, 0.1) is 5.69 Å². The Balaban J connectivity index is 1.71. The van der Waals surface area contributed by atoms with Crippen LogP contribution in [0.4, 0.5) is 0 Å². The summed E-state index contributed by atoms with van der Waals surface area (Å²) in [6, 6.07) is 2.38. The van der Waals surface area contributed by atoms with Crippen LogP contribution in [0.2, 0.25) is 0 Å². The van der Waals surface area contributed by atoms with E-state index in [1.54, 1.807) is 0 Å². The van der Waals surface area contributed by atoms with E-state index in [1.165, 1.54) is 12.8 Å². The number of aryl methyl sites for hydroxylation is 2. The van der Waals surface area contributed by atoms with Crippen molar-refractivity contribution in [3.8, 4) is 0 Å². The van der Waals surface area contributed by atoms with Gasteiger partial charge in [0.15, 0.2) is 0 Å². The Kier molecular flexibility index (Phi) is 3.59. The number of carbonyl (C=O) groups excluding carboxylic acids is 1. The summed E-state index contributed by atoms with van der Waals surface area (Å²) in [5, 5.41) is 7.33. The third-order valence-corrected chi connectivity index (χ3v) is 3.06. The molecule has 1 fully saturated rings. The zero-order valence-electron chi connectivity index (χ0n) is 9.78. The molecule has 1 aliphatic rings. The number of hydrogen-bond donors (Lipinski definition) is 1. The van der Waals surface area contributed by atoms with Gasteiger partial charge in [-0.2, -0.15) is 5.10 Å². The van der Waals surface area contributed by atoms with Crippen LogP contribution in [0.3, 0.4) is 0 Å². The first-order valence-corrected chi connectivity index (χ1v) is 6.03. The molecule has 1 N–H and O–H groups in total. The summed E-state index contributed by atoms with van der Waals surface area (Å²) in [4.78, 5) is 11.6. The van der Waals surface area contributed by atoms with E-state index in [0.717, 1.165) is 18.5 Å². The van der Waals surface area contributed by atoms with Crippen LogP contribution in [0.5, 0.6) is 0 Å². The summed E-state index contributed by atoms with van der Waals surface area (Å²) in [6.07, 6.45) is 7.24. The molecule has 88 valence electrons. The fourth-order valence-corrected chi connectivity index (χ4v) is 2.17. The fraction of sp³-hybridized carbons (Fsp3) is 0.667. The van der Waals surface area contributed by atoms with Gasteiger partial charge in [-0.3, -0.25) is 9.48 Å². The Morgan fingerprint density at radius 2 is 2.31 bits per heavy atom. The van der Waals surface area contributed by atoms with E-state index in [4.69, 9.17) is 0 Å². The molecular weight excluding hydrogens is 202 g/mol. The molecule has 4 nitrogen and oxygen atoms in total. The van der Waals surface area contributed by atoms with Crippen molar-refractivity contribution in [1.82, 2.24) is 15.1 Å². The molecule has 0 spiro atoms. The third-order valence-electron chi connectivity index (χ3n) is 3.06. The van der Waals surface area contributed by atoms with E-state index in [9.17, 15) is 4.79 Å². The maximum Gasteiger partial charge on any atom is 0.222 e. The van der Waals surface area contributed by atoms with Gasteiger partial charge in [0.2, 0.25) is 5.91 Å². The normalized spacial score (nSPS) is 16.6. The molecule has 0 unspecified atom stereocenters. The van der Waals surface area contributed by atoms with Crippen LogP contribution in [-0.4, -0.2) is 21.7 Å². The van der Waals surface area contributed by atoms with Gasteiger partial charge in [0.25, 0.3) is 0 Å². The minimum Gasteiger partial charge on any atom is -0.353 e. The second-order valence-corrected chi connectivity index (χ2v) is 4.52. The average Bonchev–Trinajstić information content (AvgIpc) is 2.87. The van der Waals surface area contributed by atoms with E-state index in [0.29, 0.717) is 19.0 Å². The second-order valence-electron chi connectivity index (χ2n) is 4.52. The van der Waals surface area contributed by atoms with Crippen molar-refractivity contribution in [2.45, 2.75) is 51.6 Å². The third kappa shape index (κ3) is 3.08. The Labute approximate surface area is 96.0 Å². The van der Waals surface area contributed by atoms with Gasteiger partial charge in [-0.05, 0) is 25.8 Å². The Bertz CT molecular complexity index is 353. The molecule has 1 heterocycles. The summed E-state index contributed by atoms with van der Waals surface area (Å²) in [5.74, 6) is 0.153.